The third kappa shape index (κ3) is 3.02. The maximum atomic E-state index is 12.6. The first-order valence-corrected chi connectivity index (χ1v) is 8.40. The van der Waals surface area contributed by atoms with Gasteiger partial charge >= 0.3 is 5.97 Å². The number of aromatic nitrogens is 1. The van der Waals surface area contributed by atoms with Gasteiger partial charge in [-0.2, -0.15) is 4.31 Å². The second-order valence-electron chi connectivity index (χ2n) is 4.49. The van der Waals surface area contributed by atoms with E-state index in [1.807, 2.05) is 0 Å². The molecule has 0 saturated carbocycles. The number of halogens is 1. The summed E-state index contributed by atoms with van der Waals surface area (Å²) in [5, 5.41) is 0. The summed E-state index contributed by atoms with van der Waals surface area (Å²) in [5.74, 6) is -0.517. The number of ether oxygens (including phenoxy) is 1. The maximum absolute atomic E-state index is 12.6. The third-order valence-corrected chi connectivity index (χ3v) is 5.52. The number of pyridine rings is 1. The monoisotopic (exact) mass is 362 g/mol. The fraction of sp³-hybridized carbons (Fsp3) is 0.500. The second kappa shape index (κ2) is 6.19. The van der Waals surface area contributed by atoms with Gasteiger partial charge in [0.25, 0.3) is 0 Å². The van der Waals surface area contributed by atoms with E-state index in [9.17, 15) is 13.2 Å². The topological polar surface area (TPSA) is 76.6 Å². The smallest absolute Gasteiger partial charge is 0.324 e. The molecule has 0 N–H and O–H groups in total. The Morgan fingerprint density at radius 1 is 1.45 bits per heavy atom. The molecule has 1 aliphatic heterocycles. The Morgan fingerprint density at radius 2 is 2.20 bits per heavy atom. The molecular weight excluding hydrogens is 348 g/mol. The van der Waals surface area contributed by atoms with Crippen LogP contribution in [0.5, 0.6) is 0 Å². The van der Waals surface area contributed by atoms with Crippen LogP contribution in [-0.2, 0) is 19.6 Å². The standard InChI is InChI=1S/C12H15BrN2O4S/c1-19-12(16)11-4-2-3-5-15(11)20(17,18)10-6-9(13)7-14-8-10/h6-8,11H,2-5H2,1H3. The minimum atomic E-state index is -3.75. The number of methoxy groups -OCH3 is 1. The molecule has 2 rings (SSSR count). The molecule has 8 heteroatoms. The van der Waals surface area contributed by atoms with Gasteiger partial charge in [0.2, 0.25) is 10.0 Å². The van der Waals surface area contributed by atoms with Crippen molar-refractivity contribution in [2.24, 2.45) is 0 Å². The number of rotatable bonds is 3. The molecule has 0 radical (unpaired) electrons. The summed E-state index contributed by atoms with van der Waals surface area (Å²) in [6.07, 6.45) is 4.81. The van der Waals surface area contributed by atoms with Gasteiger partial charge in [-0.25, -0.2) is 8.42 Å². The van der Waals surface area contributed by atoms with Crippen LogP contribution < -0.4 is 0 Å². The molecule has 1 saturated heterocycles. The van der Waals surface area contributed by atoms with Crippen molar-refractivity contribution in [3.05, 3.63) is 22.9 Å². The van der Waals surface area contributed by atoms with Crippen LogP contribution in [0.1, 0.15) is 19.3 Å². The molecule has 0 aromatic carbocycles. The molecule has 1 aliphatic rings. The summed E-state index contributed by atoms with van der Waals surface area (Å²) >= 11 is 3.20. The molecule has 20 heavy (non-hydrogen) atoms. The average Bonchev–Trinajstić information content (AvgIpc) is 2.46. The van der Waals surface area contributed by atoms with E-state index < -0.39 is 22.0 Å². The van der Waals surface area contributed by atoms with E-state index in [4.69, 9.17) is 4.74 Å². The van der Waals surface area contributed by atoms with Gasteiger partial charge in [0.05, 0.1) is 7.11 Å². The molecule has 110 valence electrons. The first kappa shape index (κ1) is 15.4. The lowest BCUT2D eigenvalue weighted by Gasteiger charge is -2.32. The van der Waals surface area contributed by atoms with Crippen LogP contribution in [0, 0.1) is 0 Å². The molecule has 0 aliphatic carbocycles. The van der Waals surface area contributed by atoms with Crippen molar-refractivity contribution in [2.45, 2.75) is 30.2 Å². The Morgan fingerprint density at radius 3 is 2.85 bits per heavy atom. The number of nitrogens with zero attached hydrogens (tertiary/aromatic N) is 2. The van der Waals surface area contributed by atoms with Crippen molar-refractivity contribution >= 4 is 31.9 Å². The lowest BCUT2D eigenvalue weighted by Crippen LogP contribution is -2.48. The van der Waals surface area contributed by atoms with Crippen LogP contribution >= 0.6 is 15.9 Å². The van der Waals surface area contributed by atoms with Gasteiger partial charge in [-0.05, 0) is 41.3 Å². The molecule has 1 aromatic rings. The largest absolute Gasteiger partial charge is 0.468 e. The zero-order valence-corrected chi connectivity index (χ0v) is 13.4. The Bertz CT molecular complexity index is 605. The lowest BCUT2D eigenvalue weighted by atomic mass is 10.1. The summed E-state index contributed by atoms with van der Waals surface area (Å²) in [5.41, 5.74) is 0. The van der Waals surface area contributed by atoms with Crippen LogP contribution in [0.2, 0.25) is 0 Å². The van der Waals surface area contributed by atoms with Gasteiger partial charge in [-0.1, -0.05) is 0 Å². The normalized spacial score (nSPS) is 20.6. The van der Waals surface area contributed by atoms with Crippen LogP contribution in [0.25, 0.3) is 0 Å². The Balaban J connectivity index is 2.38. The molecular formula is C12H15BrN2O4S. The first-order chi connectivity index (χ1) is 9.46. The highest BCUT2D eigenvalue weighted by Gasteiger charge is 2.38. The number of sulfonamides is 1. The number of esters is 1. The molecule has 0 bridgehead atoms. The molecule has 1 unspecified atom stereocenters. The van der Waals surface area contributed by atoms with Crippen LogP contribution in [0.15, 0.2) is 27.8 Å². The highest BCUT2D eigenvalue weighted by Crippen LogP contribution is 2.26. The minimum Gasteiger partial charge on any atom is -0.468 e. The highest BCUT2D eigenvalue weighted by molar-refractivity contribution is 9.10. The molecule has 6 nitrogen and oxygen atoms in total. The number of hydrogen-bond donors (Lipinski definition) is 0. The quantitative estimate of drug-likeness (QED) is 0.762. The van der Waals surface area contributed by atoms with E-state index >= 15 is 0 Å². The van der Waals surface area contributed by atoms with Gasteiger partial charge in [-0.3, -0.25) is 9.78 Å². The highest BCUT2D eigenvalue weighted by atomic mass is 79.9. The van der Waals surface area contributed by atoms with E-state index in [0.717, 1.165) is 12.8 Å². The summed E-state index contributed by atoms with van der Waals surface area (Å²) in [4.78, 5) is 15.7. The second-order valence-corrected chi connectivity index (χ2v) is 7.30. The Labute approximate surface area is 126 Å². The predicted octanol–water partition coefficient (Wildman–Crippen LogP) is 1.56. The van der Waals surface area contributed by atoms with Gasteiger partial charge in [0.15, 0.2) is 0 Å². The molecule has 0 amide bonds. The van der Waals surface area contributed by atoms with Crippen molar-refractivity contribution in [3.63, 3.8) is 0 Å². The summed E-state index contributed by atoms with van der Waals surface area (Å²) in [6.45, 7) is 0.314. The summed E-state index contributed by atoms with van der Waals surface area (Å²) in [6, 6.07) is 0.725. The van der Waals surface area contributed by atoms with Crippen molar-refractivity contribution in [1.29, 1.82) is 0 Å². The fourth-order valence-electron chi connectivity index (χ4n) is 2.23. The molecule has 1 fully saturated rings. The van der Waals surface area contributed by atoms with E-state index in [1.165, 1.54) is 29.9 Å². The number of hydrogen-bond acceptors (Lipinski definition) is 5. The van der Waals surface area contributed by atoms with E-state index in [0.29, 0.717) is 17.4 Å². The maximum Gasteiger partial charge on any atom is 0.324 e. The van der Waals surface area contributed by atoms with Gasteiger partial charge in [0, 0.05) is 23.4 Å². The van der Waals surface area contributed by atoms with Crippen molar-refractivity contribution in [1.82, 2.24) is 9.29 Å². The lowest BCUT2D eigenvalue weighted by molar-refractivity contribution is -0.146. The van der Waals surface area contributed by atoms with E-state index in [2.05, 4.69) is 20.9 Å². The van der Waals surface area contributed by atoms with Crippen molar-refractivity contribution < 1.29 is 17.9 Å². The van der Waals surface area contributed by atoms with Crippen LogP contribution in [0.4, 0.5) is 0 Å². The zero-order valence-electron chi connectivity index (χ0n) is 11.0. The van der Waals surface area contributed by atoms with Gasteiger partial charge in [0.1, 0.15) is 10.9 Å². The van der Waals surface area contributed by atoms with Crippen molar-refractivity contribution in [2.75, 3.05) is 13.7 Å². The molecule has 2 heterocycles. The molecule has 1 aromatic heterocycles. The molecule has 1 atom stereocenters. The van der Waals surface area contributed by atoms with Gasteiger partial charge < -0.3 is 4.74 Å². The fourth-order valence-corrected chi connectivity index (χ4v) is 4.39. The average molecular weight is 363 g/mol. The number of carbonyl (C=O) groups is 1. The minimum absolute atomic E-state index is 0.0719. The predicted molar refractivity (Wildman–Crippen MR) is 75.5 cm³/mol. The number of carbonyl (C=O) groups excluding carboxylic acids is 1. The van der Waals surface area contributed by atoms with Crippen LogP contribution in [-0.4, -0.2) is 43.4 Å². The first-order valence-electron chi connectivity index (χ1n) is 6.17. The molecule has 0 spiro atoms. The van der Waals surface area contributed by atoms with Crippen LogP contribution in [0.3, 0.4) is 0 Å². The van der Waals surface area contributed by atoms with Crippen molar-refractivity contribution in [3.8, 4) is 0 Å². The number of piperidine rings is 1. The Hall–Kier alpha value is -0.990. The van der Waals surface area contributed by atoms with E-state index in [1.54, 1.807) is 0 Å². The zero-order chi connectivity index (χ0) is 14.8. The van der Waals surface area contributed by atoms with Gasteiger partial charge in [-0.15, -0.1) is 0 Å². The summed E-state index contributed by atoms with van der Waals surface area (Å²) in [7, 11) is -2.48. The van der Waals surface area contributed by atoms with E-state index in [-0.39, 0.29) is 4.90 Å². The Kier molecular flexibility index (Phi) is 4.77. The summed E-state index contributed by atoms with van der Waals surface area (Å²) < 4.78 is 31.7. The SMILES string of the molecule is COC(=O)C1CCCCN1S(=O)(=O)c1cncc(Br)c1. The third-order valence-electron chi connectivity index (χ3n) is 3.21.